The average molecular weight is 440 g/mol. The normalized spacial score (nSPS) is 20.1. The second-order valence-electron chi connectivity index (χ2n) is 5.88. The Labute approximate surface area is 173 Å². The van der Waals surface area contributed by atoms with Crippen LogP contribution in [0.5, 0.6) is 0 Å². The van der Waals surface area contributed by atoms with E-state index in [4.69, 9.17) is 10.5 Å². The molecular weight excluding hydrogens is 417 g/mol. The van der Waals surface area contributed by atoms with Gasteiger partial charge in [0.25, 0.3) is 5.91 Å². The fourth-order valence-electron chi connectivity index (χ4n) is 2.75. The van der Waals surface area contributed by atoms with Crippen molar-refractivity contribution in [3.63, 3.8) is 0 Å². The van der Waals surface area contributed by atoms with Crippen molar-refractivity contribution in [3.05, 3.63) is 27.2 Å². The van der Waals surface area contributed by atoms with Gasteiger partial charge < -0.3 is 10.5 Å². The lowest BCUT2D eigenvalue weighted by atomic mass is 10.2. The summed E-state index contributed by atoms with van der Waals surface area (Å²) in [5.41, 5.74) is 6.86. The van der Waals surface area contributed by atoms with Crippen LogP contribution in [0.25, 0.3) is 0 Å². The molecule has 3 heterocycles. The summed E-state index contributed by atoms with van der Waals surface area (Å²) in [6.07, 6.45) is 0.459. The summed E-state index contributed by atoms with van der Waals surface area (Å²) in [6.45, 7) is 7.06. The largest absolute Gasteiger partial charge is 0.373 e. The van der Waals surface area contributed by atoms with Crippen LogP contribution in [0.1, 0.15) is 35.0 Å². The molecular formula is C15H23Cl2N5O2S2. The molecule has 0 saturated carbocycles. The van der Waals surface area contributed by atoms with Gasteiger partial charge in [-0.15, -0.1) is 47.5 Å². The third kappa shape index (κ3) is 6.12. The van der Waals surface area contributed by atoms with Crippen molar-refractivity contribution in [1.29, 1.82) is 0 Å². The lowest BCUT2D eigenvalue weighted by Gasteiger charge is -2.34. The minimum atomic E-state index is -0.250. The van der Waals surface area contributed by atoms with Crippen LogP contribution in [0.4, 0.5) is 5.13 Å². The number of nitrogens with one attached hydrogen (secondary N) is 1. The van der Waals surface area contributed by atoms with Crippen LogP contribution in [0.3, 0.4) is 0 Å². The Bertz CT molecular complexity index is 702. The summed E-state index contributed by atoms with van der Waals surface area (Å²) < 4.78 is 5.74. The van der Waals surface area contributed by atoms with Gasteiger partial charge in [-0.25, -0.2) is 9.97 Å². The monoisotopic (exact) mass is 439 g/mol. The SMILES string of the molecule is CC1CN(Cc2csc(NC(=O)c3csc(CN)n3)n2)CC(C)O1.Cl.Cl. The minimum absolute atomic E-state index is 0. The van der Waals surface area contributed by atoms with Gasteiger partial charge in [0.15, 0.2) is 5.13 Å². The number of halogens is 2. The number of nitrogens with zero attached hydrogens (tertiary/aromatic N) is 3. The molecule has 11 heteroatoms. The zero-order valence-corrected chi connectivity index (χ0v) is 17.8. The highest BCUT2D eigenvalue weighted by molar-refractivity contribution is 7.14. The maximum atomic E-state index is 12.2. The number of rotatable bonds is 5. The fraction of sp³-hybridized carbons (Fsp3) is 0.533. The summed E-state index contributed by atoms with van der Waals surface area (Å²) in [5, 5.41) is 7.82. The molecule has 1 saturated heterocycles. The van der Waals surface area contributed by atoms with Gasteiger partial charge in [-0.3, -0.25) is 15.0 Å². The van der Waals surface area contributed by atoms with Crippen molar-refractivity contribution in [2.24, 2.45) is 5.73 Å². The van der Waals surface area contributed by atoms with Crippen LogP contribution >= 0.6 is 47.5 Å². The molecule has 2 aromatic rings. The van der Waals surface area contributed by atoms with Crippen molar-refractivity contribution >= 4 is 58.5 Å². The first-order valence-corrected chi connectivity index (χ1v) is 9.57. The number of hydrogen-bond donors (Lipinski definition) is 2. The molecule has 1 fully saturated rings. The highest BCUT2D eigenvalue weighted by Gasteiger charge is 2.23. The fourth-order valence-corrected chi connectivity index (χ4v) is 4.10. The van der Waals surface area contributed by atoms with Gasteiger partial charge in [-0.2, -0.15) is 0 Å². The van der Waals surface area contributed by atoms with Crippen molar-refractivity contribution < 1.29 is 9.53 Å². The molecule has 3 rings (SSSR count). The molecule has 0 radical (unpaired) electrons. The van der Waals surface area contributed by atoms with Gasteiger partial charge in [0, 0.05) is 36.9 Å². The zero-order valence-electron chi connectivity index (χ0n) is 14.5. The Morgan fingerprint density at radius 3 is 2.58 bits per heavy atom. The van der Waals surface area contributed by atoms with E-state index in [-0.39, 0.29) is 42.9 Å². The van der Waals surface area contributed by atoms with Crippen molar-refractivity contribution in [2.75, 3.05) is 18.4 Å². The van der Waals surface area contributed by atoms with Crippen molar-refractivity contribution in [1.82, 2.24) is 14.9 Å². The van der Waals surface area contributed by atoms with E-state index in [9.17, 15) is 4.79 Å². The van der Waals surface area contributed by atoms with E-state index >= 15 is 0 Å². The number of carbonyl (C=O) groups excluding carboxylic acids is 1. The summed E-state index contributed by atoms with van der Waals surface area (Å²) in [5.74, 6) is -0.250. The number of carbonyl (C=O) groups is 1. The summed E-state index contributed by atoms with van der Waals surface area (Å²) >= 11 is 2.81. The van der Waals surface area contributed by atoms with Crippen LogP contribution in [-0.2, 0) is 17.8 Å². The highest BCUT2D eigenvalue weighted by atomic mass is 35.5. The molecule has 0 spiro atoms. The van der Waals surface area contributed by atoms with Gasteiger partial charge in [0.1, 0.15) is 10.7 Å². The van der Waals surface area contributed by atoms with Crippen molar-refractivity contribution in [3.8, 4) is 0 Å². The number of anilines is 1. The van der Waals surface area contributed by atoms with E-state index < -0.39 is 0 Å². The summed E-state index contributed by atoms with van der Waals surface area (Å²) in [6, 6.07) is 0. The standard InChI is InChI=1S/C15H21N5O2S2.2ClH/c1-9-4-20(5-10(2)22-9)6-11-7-24-15(17-11)19-14(21)12-8-23-13(3-16)18-12;;/h7-10H,3-6,16H2,1-2H3,(H,17,19,21);2*1H. The Hall–Kier alpha value is -0.810. The second-order valence-corrected chi connectivity index (χ2v) is 7.68. The van der Waals surface area contributed by atoms with Crippen LogP contribution < -0.4 is 11.1 Å². The zero-order chi connectivity index (χ0) is 17.1. The van der Waals surface area contributed by atoms with E-state index in [1.54, 1.807) is 5.38 Å². The van der Waals surface area contributed by atoms with Crippen LogP contribution in [-0.4, -0.2) is 46.1 Å². The first-order chi connectivity index (χ1) is 11.5. The Kier molecular flexibility index (Phi) is 9.39. The van der Waals surface area contributed by atoms with Gasteiger partial charge in [-0.05, 0) is 13.8 Å². The lowest BCUT2D eigenvalue weighted by Crippen LogP contribution is -2.44. The molecule has 1 amide bonds. The molecule has 2 aromatic heterocycles. The molecule has 0 aromatic carbocycles. The first kappa shape index (κ1) is 23.2. The van der Waals surface area contributed by atoms with E-state index in [2.05, 4.69) is 34.0 Å². The highest BCUT2D eigenvalue weighted by Crippen LogP contribution is 2.20. The molecule has 1 aliphatic heterocycles. The van der Waals surface area contributed by atoms with Crippen molar-refractivity contribution in [2.45, 2.75) is 39.1 Å². The quantitative estimate of drug-likeness (QED) is 0.743. The molecule has 7 nitrogen and oxygen atoms in total. The molecule has 3 N–H and O–H groups in total. The maximum Gasteiger partial charge on any atom is 0.276 e. The number of morpholine rings is 1. The number of aromatic nitrogens is 2. The van der Waals surface area contributed by atoms with Gasteiger partial charge in [0.05, 0.1) is 17.9 Å². The molecule has 0 bridgehead atoms. The molecule has 2 unspecified atom stereocenters. The third-order valence-electron chi connectivity index (χ3n) is 3.61. The summed E-state index contributed by atoms with van der Waals surface area (Å²) in [7, 11) is 0. The number of amides is 1. The van der Waals surface area contributed by atoms with Gasteiger partial charge >= 0.3 is 0 Å². The van der Waals surface area contributed by atoms with Crippen LogP contribution in [0, 0.1) is 0 Å². The first-order valence-electron chi connectivity index (χ1n) is 7.81. The molecule has 146 valence electrons. The molecule has 2 atom stereocenters. The van der Waals surface area contributed by atoms with E-state index in [1.807, 2.05) is 5.38 Å². The number of ether oxygens (including phenoxy) is 1. The maximum absolute atomic E-state index is 12.2. The summed E-state index contributed by atoms with van der Waals surface area (Å²) in [4.78, 5) is 23.2. The lowest BCUT2D eigenvalue weighted by molar-refractivity contribution is -0.0707. The number of hydrogen-bond acceptors (Lipinski definition) is 8. The average Bonchev–Trinajstić information content (AvgIpc) is 3.15. The Morgan fingerprint density at radius 2 is 1.96 bits per heavy atom. The van der Waals surface area contributed by atoms with Crippen LogP contribution in [0.2, 0.25) is 0 Å². The number of thiazole rings is 2. The Balaban J connectivity index is 0.00000169. The molecule has 0 aliphatic carbocycles. The van der Waals surface area contributed by atoms with E-state index in [0.717, 1.165) is 30.3 Å². The van der Waals surface area contributed by atoms with E-state index in [0.29, 0.717) is 17.4 Å². The smallest absolute Gasteiger partial charge is 0.276 e. The molecule has 1 aliphatic rings. The third-order valence-corrected chi connectivity index (χ3v) is 5.29. The molecule has 26 heavy (non-hydrogen) atoms. The Morgan fingerprint density at radius 1 is 1.27 bits per heavy atom. The predicted octanol–water partition coefficient (Wildman–Crippen LogP) is 2.76. The minimum Gasteiger partial charge on any atom is -0.373 e. The predicted molar refractivity (Wildman–Crippen MR) is 110 cm³/mol. The second kappa shape index (κ2) is 10.5. The number of nitrogens with two attached hydrogens (primary N) is 1. The van der Waals surface area contributed by atoms with Gasteiger partial charge in [-0.1, -0.05) is 0 Å². The van der Waals surface area contributed by atoms with E-state index in [1.165, 1.54) is 22.7 Å². The topological polar surface area (TPSA) is 93.4 Å². The van der Waals surface area contributed by atoms with Gasteiger partial charge in [0.2, 0.25) is 0 Å². The van der Waals surface area contributed by atoms with Crippen LogP contribution in [0.15, 0.2) is 10.8 Å².